The van der Waals surface area contributed by atoms with Crippen molar-refractivity contribution in [2.24, 2.45) is 0 Å². The lowest BCUT2D eigenvalue weighted by molar-refractivity contribution is -0.147. The van der Waals surface area contributed by atoms with E-state index >= 15 is 0 Å². The van der Waals surface area contributed by atoms with Crippen LogP contribution in [0.2, 0.25) is 0 Å². The molecule has 1 saturated heterocycles. The third-order valence-corrected chi connectivity index (χ3v) is 5.07. The van der Waals surface area contributed by atoms with Crippen LogP contribution >= 0.6 is 11.8 Å². The van der Waals surface area contributed by atoms with E-state index in [0.717, 1.165) is 11.1 Å². The summed E-state index contributed by atoms with van der Waals surface area (Å²) in [5.74, 6) is -0.874. The maximum atomic E-state index is 12.8. The molecular weight excluding hydrogens is 332 g/mol. The van der Waals surface area contributed by atoms with E-state index in [1.807, 2.05) is 32.0 Å². The number of ether oxygens (including phenoxy) is 2. The number of hydrogen-bond donors (Lipinski definition) is 1. The summed E-state index contributed by atoms with van der Waals surface area (Å²) >= 11 is 1.17. The molecule has 2 rings (SSSR count). The zero-order valence-corrected chi connectivity index (χ0v) is 14.8. The Morgan fingerprint density at radius 2 is 1.71 bits per heavy atom. The van der Waals surface area contributed by atoms with Crippen molar-refractivity contribution < 1.29 is 23.9 Å². The van der Waals surface area contributed by atoms with Gasteiger partial charge in [0.15, 0.2) is 5.37 Å². The highest BCUT2D eigenvalue weighted by Crippen LogP contribution is 2.32. The fraction of sp³-hybridized carbons (Fsp3) is 0.438. The van der Waals surface area contributed by atoms with E-state index in [9.17, 15) is 14.4 Å². The van der Waals surface area contributed by atoms with Crippen molar-refractivity contribution in [3.8, 4) is 0 Å². The second kappa shape index (κ2) is 7.57. The van der Waals surface area contributed by atoms with Crippen LogP contribution in [0, 0.1) is 13.8 Å². The standard InChI is InChI=1S/C16H20N2O5S/c1-9-6-5-7-10(2)12(9)17-16(21)18-11(14(19)22-3)8-24-13(18)15(20)23-4/h5-7,11,13H,8H2,1-4H3,(H,17,21)/t11-,13+/m0/s1. The average molecular weight is 352 g/mol. The van der Waals surface area contributed by atoms with Gasteiger partial charge in [-0.3, -0.25) is 4.90 Å². The molecule has 1 aliphatic rings. The molecule has 0 spiro atoms. The SMILES string of the molecule is COC(=O)[C@H]1SC[C@@H](C(=O)OC)N1C(=O)Nc1c(C)cccc1C. The van der Waals surface area contributed by atoms with Crippen molar-refractivity contribution in [3.05, 3.63) is 29.3 Å². The van der Waals surface area contributed by atoms with Gasteiger partial charge < -0.3 is 14.8 Å². The number of nitrogens with one attached hydrogen (secondary N) is 1. The van der Waals surface area contributed by atoms with E-state index in [-0.39, 0.29) is 5.75 Å². The van der Waals surface area contributed by atoms with E-state index in [1.54, 1.807) is 0 Å². The van der Waals surface area contributed by atoms with Gasteiger partial charge in [0.05, 0.1) is 14.2 Å². The molecule has 2 atom stereocenters. The number of anilines is 1. The number of thioether (sulfide) groups is 1. The maximum Gasteiger partial charge on any atom is 0.339 e. The topological polar surface area (TPSA) is 84.9 Å². The van der Waals surface area contributed by atoms with Crippen LogP contribution in [-0.4, -0.2) is 54.3 Å². The van der Waals surface area contributed by atoms with Gasteiger partial charge in [0.2, 0.25) is 0 Å². The number of amides is 2. The van der Waals surface area contributed by atoms with Crippen molar-refractivity contribution >= 4 is 35.4 Å². The maximum absolute atomic E-state index is 12.8. The summed E-state index contributed by atoms with van der Waals surface area (Å²) in [6, 6.07) is 4.26. The molecule has 0 unspecified atom stereocenters. The summed E-state index contributed by atoms with van der Waals surface area (Å²) in [6.07, 6.45) is 0. The minimum atomic E-state index is -0.886. The molecule has 0 saturated carbocycles. The predicted octanol–water partition coefficient (Wildman–Crippen LogP) is 1.92. The Bertz CT molecular complexity index is 620. The number of hydrogen-bond acceptors (Lipinski definition) is 6. The zero-order chi connectivity index (χ0) is 17.9. The van der Waals surface area contributed by atoms with E-state index in [1.165, 1.54) is 30.9 Å². The van der Waals surface area contributed by atoms with Gasteiger partial charge in [0.1, 0.15) is 6.04 Å². The van der Waals surface area contributed by atoms with Crippen molar-refractivity contribution in [2.75, 3.05) is 25.3 Å². The molecule has 1 aliphatic heterocycles. The van der Waals surface area contributed by atoms with E-state index in [2.05, 4.69) is 5.32 Å². The molecule has 24 heavy (non-hydrogen) atoms. The Labute approximate surface area is 144 Å². The second-order valence-corrected chi connectivity index (χ2v) is 6.47. The van der Waals surface area contributed by atoms with Gasteiger partial charge >= 0.3 is 18.0 Å². The number of rotatable bonds is 3. The van der Waals surface area contributed by atoms with E-state index < -0.39 is 29.4 Å². The summed E-state index contributed by atoms with van der Waals surface area (Å²) < 4.78 is 9.49. The number of methoxy groups -OCH3 is 2. The van der Waals surface area contributed by atoms with E-state index in [4.69, 9.17) is 9.47 Å². The highest BCUT2D eigenvalue weighted by atomic mass is 32.2. The van der Waals surface area contributed by atoms with Crippen molar-refractivity contribution in [3.63, 3.8) is 0 Å². The van der Waals surface area contributed by atoms with Crippen LogP contribution in [0.5, 0.6) is 0 Å². The number of aryl methyl sites for hydroxylation is 2. The fourth-order valence-corrected chi connectivity index (χ4v) is 3.83. The van der Waals surface area contributed by atoms with Gasteiger partial charge in [0, 0.05) is 11.4 Å². The minimum absolute atomic E-state index is 0.270. The van der Waals surface area contributed by atoms with Gasteiger partial charge in [-0.2, -0.15) is 0 Å². The third kappa shape index (κ3) is 3.48. The minimum Gasteiger partial charge on any atom is -0.467 e. The first-order valence-electron chi connectivity index (χ1n) is 7.33. The van der Waals surface area contributed by atoms with Gasteiger partial charge in [-0.15, -0.1) is 11.8 Å². The van der Waals surface area contributed by atoms with Gasteiger partial charge in [0.25, 0.3) is 0 Å². The van der Waals surface area contributed by atoms with Crippen LogP contribution in [0.4, 0.5) is 10.5 Å². The normalized spacial score (nSPS) is 19.8. The lowest BCUT2D eigenvalue weighted by Gasteiger charge is -2.27. The number of para-hydroxylation sites is 1. The highest BCUT2D eigenvalue weighted by molar-refractivity contribution is 8.00. The molecule has 1 aromatic rings. The number of carbonyl (C=O) groups is 3. The number of nitrogens with zero attached hydrogens (tertiary/aromatic N) is 1. The summed E-state index contributed by atoms with van der Waals surface area (Å²) in [6.45, 7) is 3.74. The smallest absolute Gasteiger partial charge is 0.339 e. The first-order chi connectivity index (χ1) is 11.4. The second-order valence-electron chi connectivity index (χ2n) is 5.35. The quantitative estimate of drug-likeness (QED) is 0.837. The van der Waals surface area contributed by atoms with Crippen LogP contribution in [0.15, 0.2) is 18.2 Å². The number of urea groups is 1. The summed E-state index contributed by atoms with van der Waals surface area (Å²) in [5.41, 5.74) is 2.44. The molecule has 0 bridgehead atoms. The van der Waals surface area contributed by atoms with Crippen molar-refractivity contribution in [1.82, 2.24) is 4.90 Å². The molecule has 8 heteroatoms. The van der Waals surface area contributed by atoms with Crippen molar-refractivity contribution in [1.29, 1.82) is 0 Å². The zero-order valence-electron chi connectivity index (χ0n) is 14.0. The van der Waals surface area contributed by atoms with Crippen molar-refractivity contribution in [2.45, 2.75) is 25.3 Å². The summed E-state index contributed by atoms with van der Waals surface area (Å²) in [5, 5.41) is 1.91. The van der Waals surface area contributed by atoms with Crippen LogP contribution < -0.4 is 5.32 Å². The molecular formula is C16H20N2O5S. The molecule has 0 aromatic heterocycles. The van der Waals surface area contributed by atoms with Gasteiger partial charge in [-0.05, 0) is 25.0 Å². The molecule has 7 nitrogen and oxygen atoms in total. The predicted molar refractivity (Wildman–Crippen MR) is 90.8 cm³/mol. The Hall–Kier alpha value is -2.22. The lowest BCUT2D eigenvalue weighted by Crippen LogP contribution is -2.50. The highest BCUT2D eigenvalue weighted by Gasteiger charge is 2.46. The molecule has 1 N–H and O–H groups in total. The Kier molecular flexibility index (Phi) is 5.71. The van der Waals surface area contributed by atoms with E-state index in [0.29, 0.717) is 5.69 Å². The largest absolute Gasteiger partial charge is 0.467 e. The number of esters is 2. The third-order valence-electron chi connectivity index (χ3n) is 3.82. The molecule has 2 amide bonds. The lowest BCUT2D eigenvalue weighted by atomic mass is 10.1. The Balaban J connectivity index is 2.30. The molecule has 0 aliphatic carbocycles. The monoisotopic (exact) mass is 352 g/mol. The van der Waals surface area contributed by atoms with Crippen LogP contribution in [0.3, 0.4) is 0 Å². The number of benzene rings is 1. The first-order valence-corrected chi connectivity index (χ1v) is 8.38. The molecule has 1 fully saturated rings. The number of carbonyl (C=O) groups excluding carboxylic acids is 3. The Morgan fingerprint density at radius 3 is 2.25 bits per heavy atom. The fourth-order valence-electron chi connectivity index (χ4n) is 2.54. The van der Waals surface area contributed by atoms with Crippen LogP contribution in [0.1, 0.15) is 11.1 Å². The average Bonchev–Trinajstić information content (AvgIpc) is 3.01. The van der Waals surface area contributed by atoms with Crippen LogP contribution in [-0.2, 0) is 19.1 Å². The van der Waals surface area contributed by atoms with Gasteiger partial charge in [-0.25, -0.2) is 14.4 Å². The van der Waals surface area contributed by atoms with Gasteiger partial charge in [-0.1, -0.05) is 18.2 Å². The molecule has 0 radical (unpaired) electrons. The summed E-state index contributed by atoms with van der Waals surface area (Å²) in [7, 11) is 2.50. The van der Waals surface area contributed by atoms with Crippen LogP contribution in [0.25, 0.3) is 0 Å². The molecule has 1 heterocycles. The Morgan fingerprint density at radius 1 is 1.12 bits per heavy atom. The summed E-state index contributed by atoms with van der Waals surface area (Å²) in [4.78, 5) is 37.9. The first kappa shape index (κ1) is 18.1. The molecule has 130 valence electrons. The molecule has 1 aromatic carbocycles.